The standard InChI is InChI=1S/C17H19F3N4O/c1-3-13-9-15(23-16(21-2)22-13)24-7-6-11-4-5-14(8-12(11)10-24)25-17(18,19)20/h4-5,8-9H,3,6-7,10H2,1-2H3,(H,21,22,23). The van der Waals surface area contributed by atoms with Crippen LogP contribution < -0.4 is 15.0 Å². The molecule has 1 aromatic heterocycles. The first-order valence-corrected chi connectivity index (χ1v) is 8.06. The van der Waals surface area contributed by atoms with Crippen LogP contribution in [0.5, 0.6) is 5.75 Å². The van der Waals surface area contributed by atoms with Crippen LogP contribution in [0.2, 0.25) is 0 Å². The number of aromatic nitrogens is 2. The lowest BCUT2D eigenvalue weighted by atomic mass is 9.99. The predicted molar refractivity (Wildman–Crippen MR) is 88.8 cm³/mol. The van der Waals surface area contributed by atoms with E-state index in [0.29, 0.717) is 12.5 Å². The highest BCUT2D eigenvalue weighted by Gasteiger charge is 2.31. The molecule has 2 heterocycles. The molecule has 3 rings (SSSR count). The van der Waals surface area contributed by atoms with Gasteiger partial charge in [-0.1, -0.05) is 13.0 Å². The molecule has 134 valence electrons. The monoisotopic (exact) mass is 352 g/mol. The first-order chi connectivity index (χ1) is 11.9. The summed E-state index contributed by atoms with van der Waals surface area (Å²) in [6, 6.07) is 6.43. The number of benzene rings is 1. The molecule has 1 aliphatic rings. The number of rotatable bonds is 4. The summed E-state index contributed by atoms with van der Waals surface area (Å²) >= 11 is 0. The predicted octanol–water partition coefficient (Wildman–Crippen LogP) is 3.54. The van der Waals surface area contributed by atoms with Crippen molar-refractivity contribution in [3.63, 3.8) is 0 Å². The second-order valence-electron chi connectivity index (χ2n) is 5.79. The van der Waals surface area contributed by atoms with Crippen molar-refractivity contribution in [3.05, 3.63) is 41.1 Å². The van der Waals surface area contributed by atoms with Crippen LogP contribution in [0.1, 0.15) is 23.7 Å². The Bertz CT molecular complexity index is 742. The molecule has 0 saturated carbocycles. The molecular weight excluding hydrogens is 333 g/mol. The van der Waals surface area contributed by atoms with E-state index in [9.17, 15) is 13.2 Å². The van der Waals surface area contributed by atoms with E-state index in [1.165, 1.54) is 12.1 Å². The van der Waals surface area contributed by atoms with Gasteiger partial charge in [0.05, 0.1) is 0 Å². The first kappa shape index (κ1) is 17.3. The minimum absolute atomic E-state index is 0.194. The Labute approximate surface area is 143 Å². The molecule has 0 saturated heterocycles. The average molecular weight is 352 g/mol. The highest BCUT2D eigenvalue weighted by atomic mass is 19.4. The number of alkyl halides is 3. The molecule has 0 spiro atoms. The minimum Gasteiger partial charge on any atom is -0.406 e. The fraction of sp³-hybridized carbons (Fsp3) is 0.412. The SMILES string of the molecule is CCc1cc(N2CCc3ccc(OC(F)(F)F)cc3C2)nc(NC)n1. The van der Waals surface area contributed by atoms with Crippen molar-refractivity contribution in [3.8, 4) is 5.75 Å². The molecule has 0 aliphatic carbocycles. The molecule has 1 N–H and O–H groups in total. The number of hydrogen-bond acceptors (Lipinski definition) is 5. The van der Waals surface area contributed by atoms with E-state index in [-0.39, 0.29) is 5.75 Å². The third kappa shape index (κ3) is 4.12. The van der Waals surface area contributed by atoms with E-state index in [2.05, 4.69) is 20.0 Å². The van der Waals surface area contributed by atoms with Gasteiger partial charge in [0.15, 0.2) is 0 Å². The van der Waals surface area contributed by atoms with Crippen molar-refractivity contribution in [2.45, 2.75) is 32.7 Å². The van der Waals surface area contributed by atoms with Crippen molar-refractivity contribution in [2.24, 2.45) is 0 Å². The summed E-state index contributed by atoms with van der Waals surface area (Å²) in [6.07, 6.45) is -3.17. The fourth-order valence-corrected chi connectivity index (χ4v) is 2.86. The topological polar surface area (TPSA) is 50.3 Å². The Kier molecular flexibility index (Phi) is 4.69. The van der Waals surface area contributed by atoms with Crippen LogP contribution in [-0.4, -0.2) is 29.9 Å². The average Bonchev–Trinajstić information content (AvgIpc) is 2.59. The van der Waals surface area contributed by atoms with E-state index in [1.807, 2.05) is 17.9 Å². The smallest absolute Gasteiger partial charge is 0.406 e. The van der Waals surface area contributed by atoms with Crippen LogP contribution in [0, 0.1) is 0 Å². The zero-order valence-corrected chi connectivity index (χ0v) is 14.0. The second kappa shape index (κ2) is 6.78. The third-order valence-electron chi connectivity index (χ3n) is 4.10. The lowest BCUT2D eigenvalue weighted by Gasteiger charge is -2.30. The number of nitrogens with one attached hydrogen (secondary N) is 1. The van der Waals surface area contributed by atoms with Crippen LogP contribution >= 0.6 is 0 Å². The normalized spacial score (nSPS) is 14.2. The Morgan fingerprint density at radius 3 is 2.68 bits per heavy atom. The second-order valence-corrected chi connectivity index (χ2v) is 5.79. The van der Waals surface area contributed by atoms with Crippen molar-refractivity contribution in [1.29, 1.82) is 0 Å². The van der Waals surface area contributed by atoms with Crippen molar-refractivity contribution >= 4 is 11.8 Å². The maximum Gasteiger partial charge on any atom is 0.573 e. The lowest BCUT2D eigenvalue weighted by Crippen LogP contribution is -2.31. The summed E-state index contributed by atoms with van der Waals surface area (Å²) in [5, 5.41) is 2.94. The van der Waals surface area contributed by atoms with Gasteiger partial charge in [-0.3, -0.25) is 0 Å². The van der Waals surface area contributed by atoms with Gasteiger partial charge in [-0.15, -0.1) is 13.2 Å². The van der Waals surface area contributed by atoms with Crippen molar-refractivity contribution < 1.29 is 17.9 Å². The van der Waals surface area contributed by atoms with Gasteiger partial charge in [0, 0.05) is 31.9 Å². The summed E-state index contributed by atoms with van der Waals surface area (Å²) in [4.78, 5) is 10.9. The van der Waals surface area contributed by atoms with Crippen LogP contribution in [-0.2, 0) is 19.4 Å². The quantitative estimate of drug-likeness (QED) is 0.912. The van der Waals surface area contributed by atoms with E-state index in [1.54, 1.807) is 13.1 Å². The molecule has 1 aromatic carbocycles. The van der Waals surface area contributed by atoms with Crippen molar-refractivity contribution in [1.82, 2.24) is 9.97 Å². The summed E-state index contributed by atoms with van der Waals surface area (Å²) < 4.78 is 41.3. The van der Waals surface area contributed by atoms with E-state index in [4.69, 9.17) is 0 Å². The maximum absolute atomic E-state index is 12.4. The molecular formula is C17H19F3N4O. The van der Waals surface area contributed by atoms with Gasteiger partial charge >= 0.3 is 6.36 Å². The molecule has 0 unspecified atom stereocenters. The number of hydrogen-bond donors (Lipinski definition) is 1. The molecule has 2 aromatic rings. The summed E-state index contributed by atoms with van der Waals surface area (Å²) in [5.74, 6) is 1.11. The molecule has 0 atom stereocenters. The molecule has 1 aliphatic heterocycles. The molecule has 0 fully saturated rings. The Morgan fingerprint density at radius 1 is 1.20 bits per heavy atom. The first-order valence-electron chi connectivity index (χ1n) is 8.06. The molecule has 25 heavy (non-hydrogen) atoms. The van der Waals surface area contributed by atoms with Crippen LogP contribution in [0.4, 0.5) is 24.9 Å². The molecule has 0 amide bonds. The molecule has 0 radical (unpaired) electrons. The Morgan fingerprint density at radius 2 is 2.00 bits per heavy atom. The Balaban J connectivity index is 1.86. The van der Waals surface area contributed by atoms with Gasteiger partial charge in [0.2, 0.25) is 5.95 Å². The van der Waals surface area contributed by atoms with Crippen LogP contribution in [0.15, 0.2) is 24.3 Å². The maximum atomic E-state index is 12.4. The number of aryl methyl sites for hydroxylation is 1. The zero-order chi connectivity index (χ0) is 18.0. The van der Waals surface area contributed by atoms with Gasteiger partial charge in [0.25, 0.3) is 0 Å². The Hall–Kier alpha value is -2.51. The zero-order valence-electron chi connectivity index (χ0n) is 14.0. The summed E-state index contributed by atoms with van der Waals surface area (Å²) in [5.41, 5.74) is 2.76. The van der Waals surface area contributed by atoms with Crippen LogP contribution in [0.25, 0.3) is 0 Å². The number of fused-ring (bicyclic) bond motifs is 1. The molecule has 8 heteroatoms. The van der Waals surface area contributed by atoms with Crippen LogP contribution in [0.3, 0.4) is 0 Å². The minimum atomic E-state index is -4.69. The number of anilines is 2. The number of nitrogens with zero attached hydrogens (tertiary/aromatic N) is 3. The van der Waals surface area contributed by atoms with Gasteiger partial charge in [-0.2, -0.15) is 4.98 Å². The highest BCUT2D eigenvalue weighted by Crippen LogP contribution is 2.29. The molecule has 5 nitrogen and oxygen atoms in total. The van der Waals surface area contributed by atoms with Gasteiger partial charge in [0.1, 0.15) is 11.6 Å². The molecule has 0 bridgehead atoms. The van der Waals surface area contributed by atoms with Gasteiger partial charge < -0.3 is 15.0 Å². The fourth-order valence-electron chi connectivity index (χ4n) is 2.86. The number of halogens is 3. The largest absolute Gasteiger partial charge is 0.573 e. The number of ether oxygens (including phenoxy) is 1. The van der Waals surface area contributed by atoms with E-state index in [0.717, 1.165) is 42.0 Å². The summed E-state index contributed by atoms with van der Waals surface area (Å²) in [7, 11) is 1.75. The summed E-state index contributed by atoms with van der Waals surface area (Å²) in [6.45, 7) is 3.24. The highest BCUT2D eigenvalue weighted by molar-refractivity contribution is 5.49. The van der Waals surface area contributed by atoms with Crippen molar-refractivity contribution in [2.75, 3.05) is 23.8 Å². The van der Waals surface area contributed by atoms with Gasteiger partial charge in [-0.25, -0.2) is 4.98 Å². The van der Waals surface area contributed by atoms with E-state index < -0.39 is 6.36 Å². The van der Waals surface area contributed by atoms with Gasteiger partial charge in [-0.05, 0) is 36.1 Å². The van der Waals surface area contributed by atoms with E-state index >= 15 is 0 Å². The lowest BCUT2D eigenvalue weighted by molar-refractivity contribution is -0.274. The third-order valence-corrected chi connectivity index (χ3v) is 4.10.